The van der Waals surface area contributed by atoms with Gasteiger partial charge in [0.25, 0.3) is 0 Å². The van der Waals surface area contributed by atoms with Crippen LogP contribution >= 0.6 is 0 Å². The molecule has 2 unspecified atom stereocenters. The summed E-state index contributed by atoms with van der Waals surface area (Å²) >= 11 is 0. The van der Waals surface area contributed by atoms with Crippen LogP contribution < -0.4 is 4.90 Å². The molecule has 7 nitrogen and oxygen atoms in total. The fraction of sp³-hybridized carbons (Fsp3) is 0.458. The number of piperazine rings is 1. The van der Waals surface area contributed by atoms with Crippen molar-refractivity contribution in [2.75, 3.05) is 37.6 Å². The van der Waals surface area contributed by atoms with E-state index in [1.807, 2.05) is 64.7 Å². The Kier molecular flexibility index (Phi) is 5.34. The van der Waals surface area contributed by atoms with Crippen molar-refractivity contribution in [2.45, 2.75) is 37.1 Å². The monoisotopic (exact) mass is 417 g/mol. The van der Waals surface area contributed by atoms with Crippen LogP contribution in [0.4, 0.5) is 5.69 Å². The molecule has 0 radical (unpaired) electrons. The van der Waals surface area contributed by atoms with Gasteiger partial charge in [-0.2, -0.15) is 5.26 Å². The van der Waals surface area contributed by atoms with Gasteiger partial charge in [0.1, 0.15) is 12.3 Å². The minimum Gasteiger partial charge on any atom is -0.371 e. The largest absolute Gasteiger partial charge is 0.371 e. The third-order valence-corrected chi connectivity index (χ3v) is 6.81. The molecule has 0 N–H and O–H groups in total. The molecule has 2 aromatic rings. The number of aromatic nitrogens is 1. The Hall–Kier alpha value is -2.95. The van der Waals surface area contributed by atoms with Crippen LogP contribution in [-0.2, 0) is 16.0 Å². The smallest absolute Gasteiger partial charge is 0.238 e. The maximum absolute atomic E-state index is 12.9. The summed E-state index contributed by atoms with van der Waals surface area (Å²) in [7, 11) is 0. The van der Waals surface area contributed by atoms with E-state index in [0.29, 0.717) is 19.5 Å². The number of ether oxygens (including phenoxy) is 1. The maximum atomic E-state index is 12.9. The number of rotatable bonds is 4. The maximum Gasteiger partial charge on any atom is 0.238 e. The molecular weight excluding hydrogens is 390 g/mol. The van der Waals surface area contributed by atoms with Crippen molar-refractivity contribution < 1.29 is 9.53 Å². The summed E-state index contributed by atoms with van der Waals surface area (Å²) in [6, 6.07) is 16.1. The molecule has 3 saturated heterocycles. The van der Waals surface area contributed by atoms with Crippen molar-refractivity contribution in [1.29, 1.82) is 5.26 Å². The van der Waals surface area contributed by atoms with E-state index >= 15 is 0 Å². The van der Waals surface area contributed by atoms with Gasteiger partial charge in [-0.05, 0) is 30.5 Å². The molecule has 5 rings (SSSR count). The SMILES string of the molecule is N#CC(Cc1ccccc1)N1CC(=O)N2CC3(CCN(c4ccncc4)CC3)OC2C1. The first-order valence-electron chi connectivity index (χ1n) is 11.0. The number of hydrogen-bond acceptors (Lipinski definition) is 6. The lowest BCUT2D eigenvalue weighted by Gasteiger charge is -2.39. The number of nitriles is 1. The van der Waals surface area contributed by atoms with E-state index in [-0.39, 0.29) is 30.3 Å². The van der Waals surface area contributed by atoms with Crippen molar-refractivity contribution in [3.63, 3.8) is 0 Å². The zero-order valence-corrected chi connectivity index (χ0v) is 17.6. The standard InChI is InChI=1S/C24H27N5O2/c25-15-21(14-19-4-2-1-3-5-19)28-16-22(30)29-18-24(31-23(29)17-28)8-12-27(13-9-24)20-6-10-26-11-7-20/h1-7,10-11,21,23H,8-9,12-14,16-18H2. The van der Waals surface area contributed by atoms with E-state index in [1.165, 1.54) is 5.69 Å². The highest BCUT2D eigenvalue weighted by Crippen LogP contribution is 2.38. The number of pyridine rings is 1. The first-order chi connectivity index (χ1) is 15.2. The predicted molar refractivity (Wildman–Crippen MR) is 116 cm³/mol. The summed E-state index contributed by atoms with van der Waals surface area (Å²) in [4.78, 5) is 23.3. The Bertz CT molecular complexity index is 953. The highest BCUT2D eigenvalue weighted by atomic mass is 16.5. The third kappa shape index (κ3) is 4.01. The van der Waals surface area contributed by atoms with E-state index in [0.717, 1.165) is 31.5 Å². The zero-order chi connectivity index (χ0) is 21.3. The van der Waals surface area contributed by atoms with E-state index in [9.17, 15) is 10.1 Å². The molecule has 4 heterocycles. The fourth-order valence-corrected chi connectivity index (χ4v) is 5.05. The summed E-state index contributed by atoms with van der Waals surface area (Å²) in [5.74, 6) is 0.0676. The number of amides is 1. The molecule has 0 bridgehead atoms. The number of piperidine rings is 1. The third-order valence-electron chi connectivity index (χ3n) is 6.81. The average molecular weight is 418 g/mol. The van der Waals surface area contributed by atoms with Gasteiger partial charge in [-0.3, -0.25) is 14.7 Å². The molecule has 1 aromatic heterocycles. The summed E-state index contributed by atoms with van der Waals surface area (Å²) in [5.41, 5.74) is 2.01. The number of benzene rings is 1. The summed E-state index contributed by atoms with van der Waals surface area (Å²) < 4.78 is 6.54. The molecule has 2 atom stereocenters. The van der Waals surface area contributed by atoms with Crippen molar-refractivity contribution >= 4 is 11.6 Å². The van der Waals surface area contributed by atoms with E-state index < -0.39 is 0 Å². The molecule has 0 aliphatic carbocycles. The molecule has 1 spiro atoms. The second-order valence-corrected chi connectivity index (χ2v) is 8.73. The van der Waals surface area contributed by atoms with Gasteiger partial charge in [0, 0.05) is 44.1 Å². The average Bonchev–Trinajstić information content (AvgIpc) is 3.17. The molecule has 1 aromatic carbocycles. The molecule has 3 aliphatic heterocycles. The Morgan fingerprint density at radius 1 is 1.16 bits per heavy atom. The summed E-state index contributed by atoms with van der Waals surface area (Å²) in [6.07, 6.45) is 5.77. The number of carbonyl (C=O) groups excluding carboxylic acids is 1. The fourth-order valence-electron chi connectivity index (χ4n) is 5.05. The zero-order valence-electron chi connectivity index (χ0n) is 17.6. The Balaban J connectivity index is 1.24. The number of carbonyl (C=O) groups is 1. The Morgan fingerprint density at radius 2 is 1.90 bits per heavy atom. The second kappa shape index (κ2) is 8.29. The van der Waals surface area contributed by atoms with Crippen molar-refractivity contribution in [3.8, 4) is 6.07 Å². The van der Waals surface area contributed by atoms with Crippen LogP contribution in [0.2, 0.25) is 0 Å². The molecular formula is C24H27N5O2. The number of hydrogen-bond donors (Lipinski definition) is 0. The van der Waals surface area contributed by atoms with Gasteiger partial charge in [-0.1, -0.05) is 30.3 Å². The molecule has 0 saturated carbocycles. The van der Waals surface area contributed by atoms with E-state index in [4.69, 9.17) is 4.74 Å². The number of fused-ring (bicyclic) bond motifs is 1. The normalized spacial score (nSPS) is 24.1. The summed E-state index contributed by atoms with van der Waals surface area (Å²) in [6.45, 7) is 3.33. The van der Waals surface area contributed by atoms with Crippen molar-refractivity contribution in [1.82, 2.24) is 14.8 Å². The molecule has 3 fully saturated rings. The van der Waals surface area contributed by atoms with Gasteiger partial charge in [-0.15, -0.1) is 0 Å². The number of nitrogens with zero attached hydrogens (tertiary/aromatic N) is 5. The highest BCUT2D eigenvalue weighted by molar-refractivity contribution is 5.80. The minimum atomic E-state index is -0.331. The van der Waals surface area contributed by atoms with Crippen LogP contribution in [0.3, 0.4) is 0 Å². The minimum absolute atomic E-state index is 0.0676. The molecule has 1 amide bonds. The Labute approximate surface area is 182 Å². The van der Waals surface area contributed by atoms with Crippen LogP contribution in [-0.4, -0.2) is 71.3 Å². The first kappa shape index (κ1) is 20.0. The molecule has 160 valence electrons. The van der Waals surface area contributed by atoms with Gasteiger partial charge in [-0.25, -0.2) is 0 Å². The molecule has 31 heavy (non-hydrogen) atoms. The van der Waals surface area contributed by atoms with Gasteiger partial charge in [0.2, 0.25) is 5.91 Å². The van der Waals surface area contributed by atoms with Crippen LogP contribution in [0, 0.1) is 11.3 Å². The van der Waals surface area contributed by atoms with Crippen LogP contribution in [0.25, 0.3) is 0 Å². The van der Waals surface area contributed by atoms with Crippen molar-refractivity contribution in [2.24, 2.45) is 0 Å². The topological polar surface area (TPSA) is 72.7 Å². The highest BCUT2D eigenvalue weighted by Gasteiger charge is 2.51. The summed E-state index contributed by atoms with van der Waals surface area (Å²) in [5, 5.41) is 9.78. The van der Waals surface area contributed by atoms with Crippen LogP contribution in [0.5, 0.6) is 0 Å². The van der Waals surface area contributed by atoms with Gasteiger partial charge in [0.05, 0.1) is 24.8 Å². The molecule has 7 heteroatoms. The van der Waals surface area contributed by atoms with E-state index in [1.54, 1.807) is 0 Å². The van der Waals surface area contributed by atoms with Gasteiger partial charge in [0.15, 0.2) is 0 Å². The van der Waals surface area contributed by atoms with Crippen LogP contribution in [0.1, 0.15) is 18.4 Å². The first-order valence-corrected chi connectivity index (χ1v) is 11.0. The quantitative estimate of drug-likeness (QED) is 0.758. The lowest BCUT2D eigenvalue weighted by molar-refractivity contribution is -0.149. The Morgan fingerprint density at radius 3 is 2.61 bits per heavy atom. The molecule has 3 aliphatic rings. The van der Waals surface area contributed by atoms with Crippen LogP contribution in [0.15, 0.2) is 54.9 Å². The van der Waals surface area contributed by atoms with E-state index in [2.05, 4.69) is 16.0 Å². The van der Waals surface area contributed by atoms with Gasteiger partial charge >= 0.3 is 0 Å². The number of anilines is 1. The lowest BCUT2D eigenvalue weighted by Crippen LogP contribution is -2.57. The van der Waals surface area contributed by atoms with Gasteiger partial charge < -0.3 is 14.5 Å². The lowest BCUT2D eigenvalue weighted by atomic mass is 9.91. The second-order valence-electron chi connectivity index (χ2n) is 8.73. The predicted octanol–water partition coefficient (Wildman–Crippen LogP) is 2.06. The van der Waals surface area contributed by atoms with Crippen molar-refractivity contribution in [3.05, 3.63) is 60.4 Å².